The molecule has 15 heavy (non-hydrogen) atoms. The summed E-state index contributed by atoms with van der Waals surface area (Å²) in [6, 6.07) is 5.50. The molecule has 0 aliphatic heterocycles. The summed E-state index contributed by atoms with van der Waals surface area (Å²) in [5, 5.41) is 0. The molecule has 0 aliphatic carbocycles. The van der Waals surface area contributed by atoms with Crippen LogP contribution in [0, 0.1) is 0 Å². The Labute approximate surface area is 91.3 Å². The SMILES string of the molecule is CC(c1ccccc1S(=O)(=O)Cl)C(F)F. The number of rotatable bonds is 3. The molecule has 0 saturated carbocycles. The lowest BCUT2D eigenvalue weighted by molar-refractivity contribution is 0.120. The van der Waals surface area contributed by atoms with Crippen LogP contribution in [0.15, 0.2) is 29.2 Å². The second-order valence-electron chi connectivity index (χ2n) is 3.10. The van der Waals surface area contributed by atoms with E-state index in [1.165, 1.54) is 31.2 Å². The quantitative estimate of drug-likeness (QED) is 0.777. The van der Waals surface area contributed by atoms with Gasteiger partial charge >= 0.3 is 0 Å². The van der Waals surface area contributed by atoms with Gasteiger partial charge in [-0.3, -0.25) is 0 Å². The molecule has 1 unspecified atom stereocenters. The van der Waals surface area contributed by atoms with E-state index in [-0.39, 0.29) is 10.5 Å². The molecule has 0 spiro atoms. The Bertz CT molecular complexity index is 445. The molecule has 0 N–H and O–H groups in total. The van der Waals surface area contributed by atoms with Crippen molar-refractivity contribution in [3.05, 3.63) is 29.8 Å². The molecule has 0 radical (unpaired) electrons. The smallest absolute Gasteiger partial charge is 0.210 e. The predicted molar refractivity (Wildman–Crippen MR) is 53.9 cm³/mol. The van der Waals surface area contributed by atoms with Crippen LogP contribution in [-0.2, 0) is 9.05 Å². The first kappa shape index (κ1) is 12.4. The van der Waals surface area contributed by atoms with Gasteiger partial charge in [-0.1, -0.05) is 25.1 Å². The Morgan fingerprint density at radius 3 is 2.27 bits per heavy atom. The Kier molecular flexibility index (Phi) is 3.67. The van der Waals surface area contributed by atoms with Crippen LogP contribution in [0.25, 0.3) is 0 Å². The zero-order chi connectivity index (χ0) is 11.6. The highest BCUT2D eigenvalue weighted by Gasteiger charge is 2.24. The normalized spacial score (nSPS) is 14.2. The summed E-state index contributed by atoms with van der Waals surface area (Å²) < 4.78 is 47.1. The van der Waals surface area contributed by atoms with Crippen LogP contribution in [0.5, 0.6) is 0 Å². The predicted octanol–water partition coefficient (Wildman–Crippen LogP) is 2.98. The number of benzene rings is 1. The highest BCUT2D eigenvalue weighted by Crippen LogP contribution is 2.30. The maximum Gasteiger partial charge on any atom is 0.261 e. The van der Waals surface area contributed by atoms with Crippen LogP contribution in [0.4, 0.5) is 8.78 Å². The first-order valence-electron chi connectivity index (χ1n) is 4.15. The van der Waals surface area contributed by atoms with Gasteiger partial charge < -0.3 is 0 Å². The van der Waals surface area contributed by atoms with Crippen LogP contribution in [0.2, 0.25) is 0 Å². The van der Waals surface area contributed by atoms with Crippen LogP contribution >= 0.6 is 10.7 Å². The molecule has 0 bridgehead atoms. The van der Waals surface area contributed by atoms with Gasteiger partial charge in [0.15, 0.2) is 0 Å². The highest BCUT2D eigenvalue weighted by atomic mass is 35.7. The van der Waals surface area contributed by atoms with Crippen LogP contribution < -0.4 is 0 Å². The third-order valence-electron chi connectivity index (χ3n) is 2.05. The second kappa shape index (κ2) is 4.45. The van der Waals surface area contributed by atoms with Crippen molar-refractivity contribution >= 4 is 19.7 Å². The van der Waals surface area contributed by atoms with Gasteiger partial charge in [0, 0.05) is 16.6 Å². The number of hydrogen-bond acceptors (Lipinski definition) is 2. The second-order valence-corrected chi connectivity index (χ2v) is 5.63. The minimum Gasteiger partial charge on any atom is -0.210 e. The fourth-order valence-electron chi connectivity index (χ4n) is 1.21. The molecule has 1 atom stereocenters. The summed E-state index contributed by atoms with van der Waals surface area (Å²) in [6.45, 7) is 1.26. The lowest BCUT2D eigenvalue weighted by Gasteiger charge is -2.13. The van der Waals surface area contributed by atoms with E-state index < -0.39 is 21.4 Å². The summed E-state index contributed by atoms with van der Waals surface area (Å²) in [7, 11) is 1.17. The Morgan fingerprint density at radius 2 is 1.80 bits per heavy atom. The number of alkyl halides is 2. The summed E-state index contributed by atoms with van der Waals surface area (Å²) in [5.74, 6) is -1.16. The number of hydrogen-bond donors (Lipinski definition) is 0. The van der Waals surface area contributed by atoms with E-state index in [2.05, 4.69) is 0 Å². The maximum absolute atomic E-state index is 12.4. The van der Waals surface area contributed by atoms with Crippen LogP contribution in [0.3, 0.4) is 0 Å². The highest BCUT2D eigenvalue weighted by molar-refractivity contribution is 8.13. The standard InChI is InChI=1S/C9H9ClF2O2S/c1-6(9(11)12)7-4-2-3-5-8(7)15(10,13)14/h2-6,9H,1H3. The largest absolute Gasteiger partial charge is 0.261 e. The van der Waals surface area contributed by atoms with E-state index in [4.69, 9.17) is 10.7 Å². The molecular weight excluding hydrogens is 246 g/mol. The Hall–Kier alpha value is -0.680. The molecule has 0 amide bonds. The van der Waals surface area contributed by atoms with Gasteiger partial charge in [0.1, 0.15) is 0 Å². The van der Waals surface area contributed by atoms with Crippen molar-refractivity contribution in [2.24, 2.45) is 0 Å². The summed E-state index contributed by atoms with van der Waals surface area (Å²) >= 11 is 0. The van der Waals surface area contributed by atoms with Crippen LogP contribution in [-0.4, -0.2) is 14.8 Å². The minimum absolute atomic E-state index is 0.0440. The first-order chi connectivity index (χ1) is 6.84. The molecule has 0 saturated heterocycles. The van der Waals surface area contributed by atoms with E-state index in [0.29, 0.717) is 0 Å². The monoisotopic (exact) mass is 254 g/mol. The lowest BCUT2D eigenvalue weighted by atomic mass is 10.0. The van der Waals surface area contributed by atoms with Gasteiger partial charge in [-0.2, -0.15) is 0 Å². The van der Waals surface area contributed by atoms with E-state index in [9.17, 15) is 17.2 Å². The lowest BCUT2D eigenvalue weighted by Crippen LogP contribution is -2.08. The van der Waals surface area contributed by atoms with E-state index in [1.54, 1.807) is 0 Å². The van der Waals surface area contributed by atoms with Gasteiger partial charge in [-0.15, -0.1) is 0 Å². The Balaban J connectivity index is 3.31. The van der Waals surface area contributed by atoms with Gasteiger partial charge in [-0.05, 0) is 11.6 Å². The average Bonchev–Trinajstić information content (AvgIpc) is 2.15. The van der Waals surface area contributed by atoms with Crippen molar-refractivity contribution in [1.29, 1.82) is 0 Å². The molecule has 0 heterocycles. The third kappa shape index (κ3) is 2.89. The molecule has 2 nitrogen and oxygen atoms in total. The number of halogens is 3. The van der Waals surface area contributed by atoms with Crippen molar-refractivity contribution in [3.8, 4) is 0 Å². The van der Waals surface area contributed by atoms with Gasteiger partial charge in [0.25, 0.3) is 9.05 Å². The molecule has 1 aromatic carbocycles. The van der Waals surface area contributed by atoms with Crippen LogP contribution in [0.1, 0.15) is 18.4 Å². The molecule has 1 aromatic rings. The van der Waals surface area contributed by atoms with E-state index in [0.717, 1.165) is 0 Å². The Morgan fingerprint density at radius 1 is 1.27 bits per heavy atom. The van der Waals surface area contributed by atoms with E-state index in [1.807, 2.05) is 0 Å². The summed E-state index contributed by atoms with van der Waals surface area (Å²) in [4.78, 5) is -0.250. The van der Waals surface area contributed by atoms with Crippen molar-refractivity contribution in [1.82, 2.24) is 0 Å². The van der Waals surface area contributed by atoms with Gasteiger partial charge in [-0.25, -0.2) is 17.2 Å². The van der Waals surface area contributed by atoms with Gasteiger partial charge in [0.2, 0.25) is 6.43 Å². The van der Waals surface area contributed by atoms with Gasteiger partial charge in [0.05, 0.1) is 4.90 Å². The first-order valence-corrected chi connectivity index (χ1v) is 6.46. The zero-order valence-electron chi connectivity index (χ0n) is 7.82. The fraction of sp³-hybridized carbons (Fsp3) is 0.333. The molecule has 84 valence electrons. The topological polar surface area (TPSA) is 34.1 Å². The average molecular weight is 255 g/mol. The summed E-state index contributed by atoms with van der Waals surface area (Å²) in [5.41, 5.74) is 0.0440. The fourth-order valence-corrected chi connectivity index (χ4v) is 2.41. The van der Waals surface area contributed by atoms with Crippen molar-refractivity contribution in [2.45, 2.75) is 24.2 Å². The third-order valence-corrected chi connectivity index (χ3v) is 3.45. The molecule has 1 rings (SSSR count). The van der Waals surface area contributed by atoms with Crippen molar-refractivity contribution < 1.29 is 17.2 Å². The molecular formula is C9H9ClF2O2S. The van der Waals surface area contributed by atoms with Crippen molar-refractivity contribution in [3.63, 3.8) is 0 Å². The summed E-state index contributed by atoms with van der Waals surface area (Å²) in [6.07, 6.45) is -2.62. The van der Waals surface area contributed by atoms with Crippen molar-refractivity contribution in [2.75, 3.05) is 0 Å². The van der Waals surface area contributed by atoms with E-state index >= 15 is 0 Å². The molecule has 6 heteroatoms. The molecule has 0 aliphatic rings. The zero-order valence-corrected chi connectivity index (χ0v) is 9.40. The minimum atomic E-state index is -3.97. The maximum atomic E-state index is 12.4. The molecule has 0 fully saturated rings. The molecule has 0 aromatic heterocycles.